The molecule has 2 aliphatic heterocycles. The Labute approximate surface area is 164 Å². The number of piperidine rings is 1. The van der Waals surface area contributed by atoms with Crippen LogP contribution in [-0.2, 0) is 29.6 Å². The standard InChI is InChI=1S/C20H26N6O2/c1-25(2)19-21-10-13-4-7-20(17(13)22-19)6-3-8-26(12-20)18(27)16-14-11-28-9-5-15(14)23-24-16/h10H,3-9,11-12H2,1-2H3,(H,23,24). The lowest BCUT2D eigenvalue weighted by Gasteiger charge is -2.40. The number of hydrogen-bond acceptors (Lipinski definition) is 6. The predicted molar refractivity (Wildman–Crippen MR) is 103 cm³/mol. The summed E-state index contributed by atoms with van der Waals surface area (Å²) < 4.78 is 5.56. The maximum atomic E-state index is 13.3. The van der Waals surface area contributed by atoms with Gasteiger partial charge in [0.2, 0.25) is 5.95 Å². The predicted octanol–water partition coefficient (Wildman–Crippen LogP) is 1.46. The summed E-state index contributed by atoms with van der Waals surface area (Å²) in [5.41, 5.74) is 4.79. The Bertz CT molecular complexity index is 919. The molecule has 0 aromatic carbocycles. The van der Waals surface area contributed by atoms with Crippen molar-refractivity contribution in [2.24, 2.45) is 0 Å². The van der Waals surface area contributed by atoms with Crippen molar-refractivity contribution in [3.63, 3.8) is 0 Å². The van der Waals surface area contributed by atoms with E-state index in [-0.39, 0.29) is 11.3 Å². The number of carbonyl (C=O) groups is 1. The smallest absolute Gasteiger partial charge is 0.274 e. The van der Waals surface area contributed by atoms with Crippen LogP contribution < -0.4 is 4.90 Å². The van der Waals surface area contributed by atoms with Crippen LogP contribution in [0.5, 0.6) is 0 Å². The van der Waals surface area contributed by atoms with E-state index in [0.29, 0.717) is 25.5 Å². The van der Waals surface area contributed by atoms with Gasteiger partial charge in [0, 0.05) is 56.5 Å². The third kappa shape index (κ3) is 2.70. The van der Waals surface area contributed by atoms with Crippen molar-refractivity contribution in [2.75, 3.05) is 38.7 Å². The van der Waals surface area contributed by atoms with Crippen LogP contribution >= 0.6 is 0 Å². The first kappa shape index (κ1) is 17.6. The average Bonchev–Trinajstić information content (AvgIpc) is 3.29. The molecule has 0 saturated carbocycles. The fraction of sp³-hybridized carbons (Fsp3) is 0.600. The zero-order chi connectivity index (χ0) is 19.3. The van der Waals surface area contributed by atoms with Gasteiger partial charge >= 0.3 is 0 Å². The molecule has 1 fully saturated rings. The van der Waals surface area contributed by atoms with Gasteiger partial charge in [0.05, 0.1) is 18.9 Å². The molecule has 3 aliphatic rings. The molecule has 2 aromatic heterocycles. The van der Waals surface area contributed by atoms with Gasteiger partial charge in [0.1, 0.15) is 0 Å². The molecule has 2 aromatic rings. The molecule has 148 valence electrons. The van der Waals surface area contributed by atoms with Crippen LogP contribution in [0.15, 0.2) is 6.20 Å². The Morgan fingerprint density at radius 2 is 2.21 bits per heavy atom. The lowest BCUT2D eigenvalue weighted by atomic mass is 9.77. The van der Waals surface area contributed by atoms with Crippen LogP contribution in [0, 0.1) is 0 Å². The van der Waals surface area contributed by atoms with Crippen LogP contribution in [0.4, 0.5) is 5.95 Å². The molecule has 8 heteroatoms. The topological polar surface area (TPSA) is 87.2 Å². The van der Waals surface area contributed by atoms with Gasteiger partial charge in [-0.2, -0.15) is 5.10 Å². The van der Waals surface area contributed by atoms with E-state index < -0.39 is 0 Å². The van der Waals surface area contributed by atoms with Gasteiger partial charge in [0.15, 0.2) is 5.69 Å². The molecule has 28 heavy (non-hydrogen) atoms. The van der Waals surface area contributed by atoms with Crippen LogP contribution in [0.25, 0.3) is 0 Å². The van der Waals surface area contributed by atoms with E-state index in [4.69, 9.17) is 9.72 Å². The van der Waals surface area contributed by atoms with E-state index in [1.165, 1.54) is 5.56 Å². The molecule has 1 aliphatic carbocycles. The number of hydrogen-bond donors (Lipinski definition) is 1. The lowest BCUT2D eigenvalue weighted by molar-refractivity contribution is 0.0617. The highest BCUT2D eigenvalue weighted by Crippen LogP contribution is 2.44. The van der Waals surface area contributed by atoms with E-state index in [9.17, 15) is 4.79 Å². The lowest BCUT2D eigenvalue weighted by Crippen LogP contribution is -2.48. The fourth-order valence-electron chi connectivity index (χ4n) is 4.89. The van der Waals surface area contributed by atoms with Crippen molar-refractivity contribution in [2.45, 2.75) is 44.1 Å². The van der Waals surface area contributed by atoms with Gasteiger partial charge in [-0.05, 0) is 31.2 Å². The number of amides is 1. The number of aromatic amines is 1. The number of rotatable bonds is 2. The summed E-state index contributed by atoms with van der Waals surface area (Å²) in [6.07, 6.45) is 6.81. The van der Waals surface area contributed by atoms with Crippen LogP contribution in [0.3, 0.4) is 0 Å². The molecule has 1 atom stereocenters. The number of aryl methyl sites for hydroxylation is 1. The Morgan fingerprint density at radius 3 is 3.07 bits per heavy atom. The van der Waals surface area contributed by atoms with E-state index in [0.717, 1.165) is 61.5 Å². The summed E-state index contributed by atoms with van der Waals surface area (Å²) in [4.78, 5) is 26.6. The van der Waals surface area contributed by atoms with E-state index in [1.54, 1.807) is 0 Å². The Hall–Kier alpha value is -2.48. The van der Waals surface area contributed by atoms with Gasteiger partial charge in [-0.15, -0.1) is 0 Å². The Balaban J connectivity index is 1.44. The molecule has 1 unspecified atom stereocenters. The quantitative estimate of drug-likeness (QED) is 0.846. The van der Waals surface area contributed by atoms with Gasteiger partial charge in [-0.3, -0.25) is 9.89 Å². The third-order valence-electron chi connectivity index (χ3n) is 6.39. The van der Waals surface area contributed by atoms with Gasteiger partial charge in [-0.1, -0.05) is 0 Å². The second-order valence-electron chi connectivity index (χ2n) is 8.38. The molecule has 1 amide bonds. The molecule has 1 spiro atoms. The number of H-pyrrole nitrogens is 1. The highest BCUT2D eigenvalue weighted by molar-refractivity contribution is 5.94. The summed E-state index contributed by atoms with van der Waals surface area (Å²) in [6.45, 7) is 2.61. The van der Waals surface area contributed by atoms with Crippen LogP contribution in [0.1, 0.15) is 52.3 Å². The maximum absolute atomic E-state index is 13.3. The average molecular weight is 382 g/mol. The third-order valence-corrected chi connectivity index (χ3v) is 6.39. The molecule has 5 rings (SSSR count). The molecule has 0 radical (unpaired) electrons. The summed E-state index contributed by atoms with van der Waals surface area (Å²) in [6, 6.07) is 0. The molecule has 8 nitrogen and oxygen atoms in total. The van der Waals surface area contributed by atoms with Crippen LogP contribution in [0.2, 0.25) is 0 Å². The second-order valence-corrected chi connectivity index (χ2v) is 8.38. The molecule has 1 N–H and O–H groups in total. The monoisotopic (exact) mass is 382 g/mol. The number of ether oxygens (including phenoxy) is 1. The number of nitrogens with one attached hydrogen (secondary N) is 1. The molecule has 4 heterocycles. The minimum absolute atomic E-state index is 0.0115. The number of aromatic nitrogens is 4. The van der Waals surface area contributed by atoms with Gasteiger partial charge in [0.25, 0.3) is 5.91 Å². The number of likely N-dealkylation sites (tertiary alicyclic amines) is 1. The number of fused-ring (bicyclic) bond motifs is 3. The molecular formula is C20H26N6O2. The first-order valence-corrected chi connectivity index (χ1v) is 10.0. The minimum Gasteiger partial charge on any atom is -0.376 e. The van der Waals surface area contributed by atoms with Crippen molar-refractivity contribution >= 4 is 11.9 Å². The highest BCUT2D eigenvalue weighted by atomic mass is 16.5. The Morgan fingerprint density at radius 1 is 1.32 bits per heavy atom. The molecule has 0 bridgehead atoms. The maximum Gasteiger partial charge on any atom is 0.274 e. The zero-order valence-corrected chi connectivity index (χ0v) is 16.5. The van der Waals surface area contributed by atoms with Crippen molar-refractivity contribution in [3.8, 4) is 0 Å². The summed E-state index contributed by atoms with van der Waals surface area (Å²) in [5.74, 6) is 0.749. The second kappa shape index (κ2) is 6.55. The van der Waals surface area contributed by atoms with Gasteiger partial charge in [-0.25, -0.2) is 9.97 Å². The first-order chi connectivity index (χ1) is 13.6. The minimum atomic E-state index is -0.0657. The summed E-state index contributed by atoms with van der Waals surface area (Å²) >= 11 is 0. The zero-order valence-electron chi connectivity index (χ0n) is 16.5. The summed E-state index contributed by atoms with van der Waals surface area (Å²) in [5, 5.41) is 7.38. The fourth-order valence-corrected chi connectivity index (χ4v) is 4.89. The molecular weight excluding hydrogens is 356 g/mol. The summed E-state index contributed by atoms with van der Waals surface area (Å²) in [7, 11) is 3.92. The van der Waals surface area contributed by atoms with E-state index in [2.05, 4.69) is 15.2 Å². The number of carbonyl (C=O) groups excluding carboxylic acids is 1. The van der Waals surface area contributed by atoms with E-state index in [1.807, 2.05) is 30.1 Å². The van der Waals surface area contributed by atoms with Gasteiger partial charge < -0.3 is 14.5 Å². The van der Waals surface area contributed by atoms with Crippen molar-refractivity contribution in [3.05, 3.63) is 34.4 Å². The Kier molecular flexibility index (Phi) is 4.12. The molecule has 1 saturated heterocycles. The highest BCUT2D eigenvalue weighted by Gasteiger charge is 2.45. The van der Waals surface area contributed by atoms with Crippen molar-refractivity contribution < 1.29 is 9.53 Å². The van der Waals surface area contributed by atoms with Crippen molar-refractivity contribution in [1.29, 1.82) is 0 Å². The van der Waals surface area contributed by atoms with Crippen LogP contribution in [-0.4, -0.2) is 64.8 Å². The first-order valence-electron chi connectivity index (χ1n) is 10.0. The van der Waals surface area contributed by atoms with Crippen molar-refractivity contribution in [1.82, 2.24) is 25.1 Å². The number of anilines is 1. The largest absolute Gasteiger partial charge is 0.376 e. The SMILES string of the molecule is CN(C)c1ncc2c(n1)C1(CCCN(C(=O)c3n[nH]c4c3COCC4)C1)CC2. The number of nitrogens with zero attached hydrogens (tertiary/aromatic N) is 5. The van der Waals surface area contributed by atoms with E-state index >= 15 is 0 Å². The normalized spacial score (nSPS) is 23.6.